The summed E-state index contributed by atoms with van der Waals surface area (Å²) in [6.45, 7) is 6.63. The molecule has 0 fully saturated rings. The first-order valence-electron chi connectivity index (χ1n) is 6.96. The molecule has 0 atom stereocenters. The molecule has 0 aromatic heterocycles. The van der Waals surface area contributed by atoms with E-state index in [1.54, 1.807) is 7.11 Å². The smallest absolute Gasteiger partial charge is 0.163 e. The largest absolute Gasteiger partial charge is 0.493 e. The van der Waals surface area contributed by atoms with Crippen molar-refractivity contribution < 1.29 is 9.47 Å². The molecule has 0 radical (unpaired) electrons. The Morgan fingerprint density at radius 1 is 1.20 bits per heavy atom. The van der Waals surface area contributed by atoms with Gasteiger partial charge in [-0.25, -0.2) is 0 Å². The van der Waals surface area contributed by atoms with Gasteiger partial charge >= 0.3 is 0 Å². The van der Waals surface area contributed by atoms with Crippen LogP contribution >= 0.6 is 11.6 Å². The molecule has 0 heterocycles. The summed E-state index contributed by atoms with van der Waals surface area (Å²) >= 11 is 6.29. The van der Waals surface area contributed by atoms with E-state index in [0.29, 0.717) is 10.8 Å². The average Bonchev–Trinajstić information content (AvgIpc) is 2.40. The van der Waals surface area contributed by atoms with Crippen LogP contribution in [-0.2, 0) is 6.54 Å². The minimum absolute atomic E-state index is 0.0884. The van der Waals surface area contributed by atoms with Crippen molar-refractivity contribution in [3.05, 3.63) is 22.7 Å². The van der Waals surface area contributed by atoms with Gasteiger partial charge in [-0.2, -0.15) is 0 Å². The standard InChI is InChI=1S/C15H25ClN2O2/c1-11(2)20-15-9-13(16)12(8-14(15)19-4)10-18-7-5-6-17-3/h8-9,11,17-18H,5-7,10H2,1-4H3. The van der Waals surface area contributed by atoms with E-state index in [1.807, 2.05) is 33.0 Å². The lowest BCUT2D eigenvalue weighted by atomic mass is 10.2. The van der Waals surface area contributed by atoms with Crippen molar-refractivity contribution in [2.75, 3.05) is 27.2 Å². The van der Waals surface area contributed by atoms with Gasteiger partial charge in [0, 0.05) is 17.6 Å². The van der Waals surface area contributed by atoms with Gasteiger partial charge in [-0.05, 0) is 52.0 Å². The number of ether oxygens (including phenoxy) is 2. The lowest BCUT2D eigenvalue weighted by Gasteiger charge is -2.16. The summed E-state index contributed by atoms with van der Waals surface area (Å²) in [7, 11) is 3.59. The summed E-state index contributed by atoms with van der Waals surface area (Å²) in [6, 6.07) is 3.76. The van der Waals surface area contributed by atoms with Gasteiger partial charge in [-0.15, -0.1) is 0 Å². The van der Waals surface area contributed by atoms with Crippen LogP contribution < -0.4 is 20.1 Å². The van der Waals surface area contributed by atoms with E-state index in [9.17, 15) is 0 Å². The van der Waals surface area contributed by atoms with Crippen LogP contribution in [0.5, 0.6) is 11.5 Å². The third kappa shape index (κ3) is 5.57. The molecule has 20 heavy (non-hydrogen) atoms. The van der Waals surface area contributed by atoms with Gasteiger partial charge in [-0.1, -0.05) is 11.6 Å². The van der Waals surface area contributed by atoms with Gasteiger partial charge in [0.05, 0.1) is 13.2 Å². The zero-order valence-corrected chi connectivity index (χ0v) is 13.5. The van der Waals surface area contributed by atoms with Gasteiger partial charge in [0.25, 0.3) is 0 Å². The summed E-state index contributed by atoms with van der Waals surface area (Å²) in [6.07, 6.45) is 1.17. The van der Waals surface area contributed by atoms with Crippen LogP contribution in [0, 0.1) is 0 Å². The monoisotopic (exact) mass is 300 g/mol. The number of halogens is 1. The van der Waals surface area contributed by atoms with Crippen molar-refractivity contribution >= 4 is 11.6 Å². The fourth-order valence-corrected chi connectivity index (χ4v) is 2.05. The molecule has 0 unspecified atom stereocenters. The Kier molecular flexibility index (Phi) is 7.73. The Morgan fingerprint density at radius 3 is 2.55 bits per heavy atom. The van der Waals surface area contributed by atoms with Crippen LogP contribution in [-0.4, -0.2) is 33.4 Å². The van der Waals surface area contributed by atoms with Crippen molar-refractivity contribution in [1.29, 1.82) is 0 Å². The second-order valence-corrected chi connectivity index (χ2v) is 5.30. The van der Waals surface area contributed by atoms with Gasteiger partial charge in [0.1, 0.15) is 0 Å². The van der Waals surface area contributed by atoms with E-state index in [0.717, 1.165) is 37.4 Å². The predicted molar refractivity (Wildman–Crippen MR) is 84.0 cm³/mol. The highest BCUT2D eigenvalue weighted by molar-refractivity contribution is 6.31. The Bertz CT molecular complexity index is 411. The molecule has 0 amide bonds. The fourth-order valence-electron chi connectivity index (χ4n) is 1.83. The topological polar surface area (TPSA) is 42.5 Å². The molecular formula is C15H25ClN2O2. The Labute approximate surface area is 126 Å². The van der Waals surface area contributed by atoms with Gasteiger partial charge < -0.3 is 20.1 Å². The van der Waals surface area contributed by atoms with E-state index < -0.39 is 0 Å². The predicted octanol–water partition coefficient (Wildman–Crippen LogP) is 2.83. The molecule has 114 valence electrons. The number of methoxy groups -OCH3 is 1. The van der Waals surface area contributed by atoms with Crippen LogP contribution in [0.2, 0.25) is 5.02 Å². The maximum Gasteiger partial charge on any atom is 0.163 e. The molecule has 1 aromatic rings. The van der Waals surface area contributed by atoms with Crippen molar-refractivity contribution in [3.8, 4) is 11.5 Å². The molecule has 0 aliphatic carbocycles. The van der Waals surface area contributed by atoms with Crippen molar-refractivity contribution in [2.45, 2.75) is 32.9 Å². The molecule has 1 rings (SSSR count). The molecule has 4 nitrogen and oxygen atoms in total. The Morgan fingerprint density at radius 2 is 1.95 bits per heavy atom. The highest BCUT2D eigenvalue weighted by atomic mass is 35.5. The molecular weight excluding hydrogens is 276 g/mol. The summed E-state index contributed by atoms with van der Waals surface area (Å²) in [4.78, 5) is 0. The van der Waals surface area contributed by atoms with Gasteiger partial charge in [0.2, 0.25) is 0 Å². The average molecular weight is 301 g/mol. The minimum Gasteiger partial charge on any atom is -0.493 e. The van der Waals surface area contributed by atoms with Crippen molar-refractivity contribution in [1.82, 2.24) is 10.6 Å². The highest BCUT2D eigenvalue weighted by Crippen LogP contribution is 2.33. The third-order valence-corrected chi connectivity index (χ3v) is 3.14. The number of rotatable bonds is 9. The van der Waals surface area contributed by atoms with E-state index in [2.05, 4.69) is 10.6 Å². The first-order chi connectivity index (χ1) is 9.58. The Hall–Kier alpha value is -0.970. The maximum atomic E-state index is 6.29. The molecule has 0 bridgehead atoms. The first-order valence-corrected chi connectivity index (χ1v) is 7.34. The SMILES string of the molecule is CNCCCNCc1cc(OC)c(OC(C)C)cc1Cl. The molecule has 1 aromatic carbocycles. The second-order valence-electron chi connectivity index (χ2n) is 4.89. The van der Waals surface area contributed by atoms with Crippen molar-refractivity contribution in [3.63, 3.8) is 0 Å². The second kappa shape index (κ2) is 9.06. The van der Waals surface area contributed by atoms with E-state index in [-0.39, 0.29) is 6.10 Å². The van der Waals surface area contributed by atoms with Crippen LogP contribution in [0.3, 0.4) is 0 Å². The third-order valence-electron chi connectivity index (χ3n) is 2.79. The molecule has 0 aliphatic rings. The van der Waals surface area contributed by atoms with Crippen molar-refractivity contribution in [2.24, 2.45) is 0 Å². The van der Waals surface area contributed by atoms with Gasteiger partial charge in [0.15, 0.2) is 11.5 Å². The summed E-state index contributed by atoms with van der Waals surface area (Å²) in [5.41, 5.74) is 1.02. The fraction of sp³-hybridized carbons (Fsp3) is 0.600. The van der Waals surface area contributed by atoms with E-state index in [4.69, 9.17) is 21.1 Å². The lowest BCUT2D eigenvalue weighted by Crippen LogP contribution is -2.19. The number of hydrogen-bond donors (Lipinski definition) is 2. The lowest BCUT2D eigenvalue weighted by molar-refractivity contribution is 0.230. The van der Waals surface area contributed by atoms with Crippen LogP contribution in [0.25, 0.3) is 0 Å². The van der Waals surface area contributed by atoms with Crippen LogP contribution in [0.1, 0.15) is 25.8 Å². The number of benzene rings is 1. The number of hydrogen-bond acceptors (Lipinski definition) is 4. The summed E-state index contributed by atoms with van der Waals surface area (Å²) < 4.78 is 11.1. The molecule has 0 saturated heterocycles. The first kappa shape index (κ1) is 17.1. The minimum atomic E-state index is 0.0884. The zero-order chi connectivity index (χ0) is 15.0. The molecule has 0 aliphatic heterocycles. The van der Waals surface area contributed by atoms with Crippen LogP contribution in [0.4, 0.5) is 0 Å². The molecule has 0 saturated carbocycles. The highest BCUT2D eigenvalue weighted by Gasteiger charge is 2.11. The van der Waals surface area contributed by atoms with E-state index in [1.165, 1.54) is 0 Å². The molecule has 5 heteroatoms. The Balaban J connectivity index is 2.67. The normalized spacial score (nSPS) is 10.9. The summed E-state index contributed by atoms with van der Waals surface area (Å²) in [5.74, 6) is 1.40. The zero-order valence-electron chi connectivity index (χ0n) is 12.8. The molecule has 0 spiro atoms. The number of nitrogens with one attached hydrogen (secondary N) is 2. The van der Waals surface area contributed by atoms with Gasteiger partial charge in [-0.3, -0.25) is 0 Å². The quantitative estimate of drug-likeness (QED) is 0.688. The van der Waals surface area contributed by atoms with Crippen LogP contribution in [0.15, 0.2) is 12.1 Å². The maximum absolute atomic E-state index is 6.29. The van der Waals surface area contributed by atoms with E-state index >= 15 is 0 Å². The molecule has 2 N–H and O–H groups in total. The summed E-state index contributed by atoms with van der Waals surface area (Å²) in [5, 5.41) is 7.18.